The number of anilines is 2. The van der Waals surface area contributed by atoms with Crippen molar-refractivity contribution in [3.63, 3.8) is 0 Å². The van der Waals surface area contributed by atoms with Crippen LogP contribution in [0.3, 0.4) is 0 Å². The van der Waals surface area contributed by atoms with E-state index in [-0.39, 0.29) is 31.1 Å². The van der Waals surface area contributed by atoms with Gasteiger partial charge in [0.1, 0.15) is 16.8 Å². The van der Waals surface area contributed by atoms with E-state index in [0.717, 1.165) is 27.6 Å². The van der Waals surface area contributed by atoms with Gasteiger partial charge in [-0.05, 0) is 12.5 Å². The maximum Gasteiger partial charge on any atom is 0.451 e. The summed E-state index contributed by atoms with van der Waals surface area (Å²) in [5, 5.41) is 10.9. The molecule has 6 heterocycles. The van der Waals surface area contributed by atoms with Crippen LogP contribution in [0.1, 0.15) is 29.9 Å². The second-order valence-corrected chi connectivity index (χ2v) is 9.75. The van der Waals surface area contributed by atoms with Crippen molar-refractivity contribution in [1.82, 2.24) is 30.0 Å². The van der Waals surface area contributed by atoms with Gasteiger partial charge in [0.05, 0.1) is 24.5 Å². The summed E-state index contributed by atoms with van der Waals surface area (Å²) in [6, 6.07) is 1.95. The second kappa shape index (κ2) is 7.68. The van der Waals surface area contributed by atoms with Gasteiger partial charge in [0.2, 0.25) is 11.8 Å². The Morgan fingerprint density at radius 1 is 1.21 bits per heavy atom. The number of rotatable bonds is 4. The summed E-state index contributed by atoms with van der Waals surface area (Å²) in [7, 11) is 0. The van der Waals surface area contributed by atoms with Gasteiger partial charge in [0, 0.05) is 24.5 Å². The van der Waals surface area contributed by atoms with Gasteiger partial charge in [-0.2, -0.15) is 18.2 Å². The molecule has 3 aromatic heterocycles. The highest BCUT2D eigenvalue weighted by Gasteiger charge is 2.43. The summed E-state index contributed by atoms with van der Waals surface area (Å²) < 4.78 is 46.2. The molecule has 14 heteroatoms. The largest absolute Gasteiger partial charge is 0.451 e. The highest BCUT2D eigenvalue weighted by molar-refractivity contribution is 7.18. The first kappa shape index (κ1) is 21.4. The van der Waals surface area contributed by atoms with Gasteiger partial charge in [0.25, 0.3) is 0 Å². The molecule has 1 N–H and O–H groups in total. The van der Waals surface area contributed by atoms with Crippen LogP contribution in [0.5, 0.6) is 0 Å². The predicted molar refractivity (Wildman–Crippen MR) is 117 cm³/mol. The van der Waals surface area contributed by atoms with Crippen LogP contribution in [0.25, 0.3) is 10.2 Å². The number of halogens is 3. The van der Waals surface area contributed by atoms with Crippen molar-refractivity contribution in [3.8, 4) is 0 Å². The van der Waals surface area contributed by atoms with Crippen molar-refractivity contribution in [2.75, 3.05) is 29.4 Å². The summed E-state index contributed by atoms with van der Waals surface area (Å²) in [5.74, 6) is 0.468. The Hall–Kier alpha value is -3.16. The topological polar surface area (TPSA) is 101 Å². The summed E-state index contributed by atoms with van der Waals surface area (Å²) in [6.45, 7) is 3.72. The Morgan fingerprint density at radius 3 is 2.82 bits per heavy atom. The van der Waals surface area contributed by atoms with Crippen LogP contribution in [-0.4, -0.2) is 62.6 Å². The van der Waals surface area contributed by atoms with E-state index >= 15 is 0 Å². The number of nitrogens with one attached hydrogen (secondary N) is 1. The number of hydrogen-bond donors (Lipinski definition) is 1. The third-order valence-corrected chi connectivity index (χ3v) is 7.41. The molecule has 180 valence electrons. The van der Waals surface area contributed by atoms with Gasteiger partial charge in [-0.25, -0.2) is 9.78 Å². The Bertz CT molecular complexity index is 1260. The number of aromatic nitrogens is 5. The molecule has 3 aliphatic rings. The molecule has 0 aliphatic carbocycles. The number of hydrogen-bond acceptors (Lipinski definition) is 9. The fourth-order valence-corrected chi connectivity index (χ4v) is 5.88. The lowest BCUT2D eigenvalue weighted by Crippen LogP contribution is -2.36. The van der Waals surface area contributed by atoms with Gasteiger partial charge in [-0.15, -0.1) is 21.5 Å². The van der Waals surface area contributed by atoms with Crippen LogP contribution in [0, 0.1) is 0 Å². The number of thiophene rings is 1. The number of fused-ring (bicyclic) bond motifs is 3. The zero-order valence-electron chi connectivity index (χ0n) is 18.2. The van der Waals surface area contributed by atoms with E-state index in [4.69, 9.17) is 14.7 Å². The molecule has 6 rings (SSSR count). The van der Waals surface area contributed by atoms with E-state index in [1.54, 1.807) is 11.3 Å². The van der Waals surface area contributed by atoms with Crippen LogP contribution in [0.4, 0.5) is 29.7 Å². The van der Waals surface area contributed by atoms with Crippen molar-refractivity contribution in [1.29, 1.82) is 0 Å². The van der Waals surface area contributed by atoms with Crippen molar-refractivity contribution in [2.24, 2.45) is 0 Å². The Labute approximate surface area is 195 Å². The number of nitrogens with zero attached hydrogens (tertiary/aromatic N) is 7. The Kier molecular flexibility index (Phi) is 4.83. The number of alkyl halides is 3. The molecule has 3 aliphatic heterocycles. The molecule has 2 saturated heterocycles. The first-order valence-corrected chi connectivity index (χ1v) is 11.9. The van der Waals surface area contributed by atoms with Crippen LogP contribution in [-0.2, 0) is 30.4 Å². The van der Waals surface area contributed by atoms with E-state index in [1.807, 2.05) is 9.80 Å². The average molecular weight is 495 g/mol. The fraction of sp³-hybridized carbons (Fsp3) is 0.550. The SMILES string of the molecule is CCCc1cc2c(N3CCn4c(nnc4C(F)(F)F)C3)nc(N3CC4NC(=O)O[C@H]4C3)nc2s1. The standard InChI is InChI=1S/C20H21F3N8O2S/c1-2-3-10-6-11-15(29-4-5-31-14(9-29)27-28-17(31)20(21,22)23)25-18(26-16(11)34-10)30-7-12-13(8-30)33-19(32)24-12/h6,12-13H,2-5,7-9H2,1H3,(H,24,32)/t12?,13-/m0/s1. The third kappa shape index (κ3) is 3.51. The number of amides is 1. The summed E-state index contributed by atoms with van der Waals surface area (Å²) in [4.78, 5) is 27.1. The van der Waals surface area contributed by atoms with Gasteiger partial charge in [-0.3, -0.25) is 0 Å². The van der Waals surface area contributed by atoms with Crippen molar-refractivity contribution in [2.45, 2.75) is 51.2 Å². The van der Waals surface area contributed by atoms with E-state index in [1.165, 1.54) is 4.88 Å². The van der Waals surface area contributed by atoms with Gasteiger partial charge in [-0.1, -0.05) is 13.3 Å². The molecule has 34 heavy (non-hydrogen) atoms. The molecule has 3 aromatic rings. The van der Waals surface area contributed by atoms with Crippen LogP contribution >= 0.6 is 11.3 Å². The normalized spacial score (nSPS) is 22.2. The van der Waals surface area contributed by atoms with Gasteiger partial charge < -0.3 is 24.4 Å². The minimum absolute atomic E-state index is 0.109. The molecule has 0 radical (unpaired) electrons. The van der Waals surface area contributed by atoms with Crippen LogP contribution in [0.2, 0.25) is 0 Å². The van der Waals surface area contributed by atoms with Gasteiger partial charge >= 0.3 is 12.3 Å². The highest BCUT2D eigenvalue weighted by Crippen LogP contribution is 2.37. The molecule has 1 amide bonds. The quantitative estimate of drug-likeness (QED) is 0.591. The summed E-state index contributed by atoms with van der Waals surface area (Å²) >= 11 is 1.60. The van der Waals surface area contributed by atoms with E-state index in [0.29, 0.717) is 31.4 Å². The molecule has 1 unspecified atom stereocenters. The number of carbonyl (C=O) groups is 1. The third-order valence-electron chi connectivity index (χ3n) is 6.33. The Balaban J connectivity index is 1.36. The molecule has 10 nitrogen and oxygen atoms in total. The smallest absolute Gasteiger partial charge is 0.442 e. The molecular weight excluding hydrogens is 473 g/mol. The zero-order chi connectivity index (χ0) is 23.6. The predicted octanol–water partition coefficient (Wildman–Crippen LogP) is 2.57. The van der Waals surface area contributed by atoms with Gasteiger partial charge in [0.15, 0.2) is 5.82 Å². The maximum absolute atomic E-state index is 13.3. The lowest BCUT2D eigenvalue weighted by Gasteiger charge is -2.30. The minimum atomic E-state index is -4.55. The van der Waals surface area contributed by atoms with Crippen LogP contribution in [0.15, 0.2) is 6.07 Å². The first-order valence-electron chi connectivity index (χ1n) is 11.1. The number of ether oxygens (including phenoxy) is 1. The maximum atomic E-state index is 13.3. The van der Waals surface area contributed by atoms with Crippen molar-refractivity contribution in [3.05, 3.63) is 22.6 Å². The van der Waals surface area contributed by atoms with E-state index in [2.05, 4.69) is 28.5 Å². The lowest BCUT2D eigenvalue weighted by molar-refractivity contribution is -0.147. The highest BCUT2D eigenvalue weighted by atomic mass is 32.1. The van der Waals surface area contributed by atoms with Crippen molar-refractivity contribution >= 4 is 39.4 Å². The number of alkyl carbamates (subject to hydrolysis) is 1. The Morgan fingerprint density at radius 2 is 2.06 bits per heavy atom. The molecule has 0 aromatic carbocycles. The van der Waals surface area contributed by atoms with E-state index < -0.39 is 18.1 Å². The van der Waals surface area contributed by atoms with E-state index in [9.17, 15) is 18.0 Å². The summed E-state index contributed by atoms with van der Waals surface area (Å²) in [5.41, 5.74) is 0. The average Bonchev–Trinajstić information content (AvgIpc) is 3.53. The fourth-order valence-electron chi connectivity index (χ4n) is 4.76. The molecule has 2 fully saturated rings. The monoisotopic (exact) mass is 494 g/mol. The van der Waals surface area contributed by atoms with Crippen LogP contribution < -0.4 is 15.1 Å². The first-order chi connectivity index (χ1) is 16.3. The zero-order valence-corrected chi connectivity index (χ0v) is 19.0. The molecule has 0 bridgehead atoms. The molecule has 0 saturated carbocycles. The molecule has 2 atom stereocenters. The van der Waals surface area contributed by atoms with Crippen molar-refractivity contribution < 1.29 is 22.7 Å². The summed E-state index contributed by atoms with van der Waals surface area (Å²) in [6.07, 6.45) is -3.32. The molecule has 0 spiro atoms. The second-order valence-electron chi connectivity index (χ2n) is 8.64. The minimum Gasteiger partial charge on any atom is -0.442 e. The number of aryl methyl sites for hydroxylation is 1. The number of carbonyl (C=O) groups excluding carboxylic acids is 1. The molecular formula is C20H21F3N8O2S. The lowest BCUT2D eigenvalue weighted by atomic mass is 10.2.